The summed E-state index contributed by atoms with van der Waals surface area (Å²) < 4.78 is 35.7. The van der Waals surface area contributed by atoms with Gasteiger partial charge in [0.15, 0.2) is 6.29 Å². The fourth-order valence-corrected chi connectivity index (χ4v) is 6.19. The zero-order valence-electron chi connectivity index (χ0n) is 23.3. The maximum Gasteiger partial charge on any atom is 0.158 e. The molecule has 0 radical (unpaired) electrons. The molecule has 39 heavy (non-hydrogen) atoms. The van der Waals surface area contributed by atoms with Crippen LogP contribution in [0.4, 0.5) is 0 Å². The van der Waals surface area contributed by atoms with Gasteiger partial charge >= 0.3 is 0 Å². The largest absolute Gasteiger partial charge is 0.505 e. The van der Waals surface area contributed by atoms with E-state index in [1.54, 1.807) is 20.5 Å². The van der Waals surface area contributed by atoms with E-state index in [4.69, 9.17) is 28.4 Å². The van der Waals surface area contributed by atoms with Crippen LogP contribution in [0.15, 0.2) is 60.9 Å². The number of hydrogen-bond acceptors (Lipinski definition) is 7. The van der Waals surface area contributed by atoms with Crippen LogP contribution in [0.5, 0.6) is 5.75 Å². The van der Waals surface area contributed by atoms with Crippen LogP contribution in [0, 0.1) is 5.92 Å². The molecule has 7 heteroatoms. The maximum absolute atomic E-state index is 6.73. The number of morpholine rings is 1. The van der Waals surface area contributed by atoms with Crippen molar-refractivity contribution in [1.29, 1.82) is 0 Å². The molecule has 1 saturated carbocycles. The van der Waals surface area contributed by atoms with Crippen LogP contribution in [-0.2, 0) is 30.3 Å². The zero-order chi connectivity index (χ0) is 26.9. The minimum atomic E-state index is -0.123. The average molecular weight is 538 g/mol. The lowest BCUT2D eigenvalue weighted by atomic mass is 9.95. The Hall–Kier alpha value is -2.42. The minimum absolute atomic E-state index is 0.0581. The Morgan fingerprint density at radius 1 is 0.949 bits per heavy atom. The van der Waals surface area contributed by atoms with Gasteiger partial charge in [-0.05, 0) is 66.6 Å². The highest BCUT2D eigenvalue weighted by molar-refractivity contribution is 5.64. The van der Waals surface area contributed by atoms with Crippen molar-refractivity contribution < 1.29 is 28.4 Å². The molecule has 2 heterocycles. The first-order chi connectivity index (χ1) is 19.2. The van der Waals surface area contributed by atoms with E-state index in [-0.39, 0.29) is 30.5 Å². The van der Waals surface area contributed by atoms with E-state index in [1.165, 1.54) is 5.56 Å². The lowest BCUT2D eigenvalue weighted by Gasteiger charge is -2.39. The Morgan fingerprint density at radius 2 is 1.79 bits per heavy atom. The molecule has 5 atom stereocenters. The van der Waals surface area contributed by atoms with E-state index in [0.717, 1.165) is 81.9 Å². The lowest BCUT2D eigenvalue weighted by molar-refractivity contribution is -0.200. The van der Waals surface area contributed by atoms with Gasteiger partial charge in [-0.1, -0.05) is 30.3 Å². The van der Waals surface area contributed by atoms with Crippen LogP contribution in [-0.4, -0.2) is 76.6 Å². The molecule has 1 aliphatic carbocycles. The Kier molecular flexibility index (Phi) is 10.3. The van der Waals surface area contributed by atoms with Gasteiger partial charge in [0.05, 0.1) is 52.5 Å². The summed E-state index contributed by atoms with van der Waals surface area (Å²) in [6.07, 6.45) is 8.87. The maximum atomic E-state index is 6.73. The van der Waals surface area contributed by atoms with Crippen LogP contribution in [0.1, 0.15) is 37.7 Å². The summed E-state index contributed by atoms with van der Waals surface area (Å²) in [5.41, 5.74) is 3.50. The van der Waals surface area contributed by atoms with Crippen molar-refractivity contribution in [1.82, 2.24) is 4.90 Å². The van der Waals surface area contributed by atoms with E-state index in [1.807, 2.05) is 12.1 Å². The van der Waals surface area contributed by atoms with Gasteiger partial charge in [0.1, 0.15) is 5.75 Å². The fourth-order valence-electron chi connectivity index (χ4n) is 6.19. The van der Waals surface area contributed by atoms with Gasteiger partial charge in [-0.2, -0.15) is 0 Å². The number of methoxy groups -OCH3 is 2. The summed E-state index contributed by atoms with van der Waals surface area (Å²) in [6, 6.07) is 17.0. The van der Waals surface area contributed by atoms with Crippen molar-refractivity contribution in [3.05, 3.63) is 66.4 Å². The molecule has 0 bridgehead atoms. The third kappa shape index (κ3) is 7.41. The van der Waals surface area contributed by atoms with Crippen molar-refractivity contribution in [2.24, 2.45) is 5.92 Å². The SMILES string of the molecule is COC=CC[C@@H]1[C@@H](N2CCOCC2)[C@H](OC2CCCCO2)C[C@@H]1OCc1cccc(-c2ccc(OC)cc2)c1. The zero-order valence-corrected chi connectivity index (χ0v) is 23.3. The third-order valence-electron chi connectivity index (χ3n) is 8.15. The monoisotopic (exact) mass is 537 g/mol. The summed E-state index contributed by atoms with van der Waals surface area (Å²) in [4.78, 5) is 2.55. The van der Waals surface area contributed by atoms with Crippen molar-refractivity contribution in [3.63, 3.8) is 0 Å². The number of rotatable bonds is 11. The number of allylic oxidation sites excluding steroid dienone is 1. The minimum Gasteiger partial charge on any atom is -0.505 e. The first-order valence-electron chi connectivity index (χ1n) is 14.4. The highest BCUT2D eigenvalue weighted by Gasteiger charge is 2.48. The van der Waals surface area contributed by atoms with E-state index in [9.17, 15) is 0 Å². The van der Waals surface area contributed by atoms with Crippen molar-refractivity contribution in [3.8, 4) is 16.9 Å². The Balaban J connectivity index is 1.32. The molecule has 0 amide bonds. The molecule has 5 rings (SSSR count). The molecule has 2 aromatic carbocycles. The quantitative estimate of drug-likeness (QED) is 0.354. The highest BCUT2D eigenvalue weighted by Crippen LogP contribution is 2.39. The fraction of sp³-hybridized carbons (Fsp3) is 0.562. The van der Waals surface area contributed by atoms with Crippen molar-refractivity contribution in [2.45, 2.75) is 63.3 Å². The van der Waals surface area contributed by atoms with Gasteiger partial charge in [0.25, 0.3) is 0 Å². The van der Waals surface area contributed by atoms with Gasteiger partial charge < -0.3 is 28.4 Å². The van der Waals surface area contributed by atoms with Gasteiger partial charge in [0, 0.05) is 38.1 Å². The Bertz CT molecular complexity index is 1030. The molecule has 3 aliphatic rings. The molecular formula is C32H43NO6. The molecule has 0 N–H and O–H groups in total. The second kappa shape index (κ2) is 14.3. The highest BCUT2D eigenvalue weighted by atomic mass is 16.7. The van der Waals surface area contributed by atoms with E-state index in [2.05, 4.69) is 47.4 Å². The second-order valence-electron chi connectivity index (χ2n) is 10.6. The van der Waals surface area contributed by atoms with Gasteiger partial charge in [-0.3, -0.25) is 4.90 Å². The molecule has 2 saturated heterocycles. The predicted molar refractivity (Wildman–Crippen MR) is 151 cm³/mol. The molecule has 2 aliphatic heterocycles. The number of ether oxygens (including phenoxy) is 6. The average Bonchev–Trinajstić information content (AvgIpc) is 3.33. The summed E-state index contributed by atoms with van der Waals surface area (Å²) in [6.45, 7) is 4.68. The normalized spacial score (nSPS) is 28.1. The molecule has 0 aromatic heterocycles. The summed E-state index contributed by atoms with van der Waals surface area (Å²) >= 11 is 0. The third-order valence-corrected chi connectivity index (χ3v) is 8.15. The lowest BCUT2D eigenvalue weighted by Crippen LogP contribution is -2.51. The first-order valence-corrected chi connectivity index (χ1v) is 14.4. The molecule has 1 unspecified atom stereocenters. The standard InChI is InChI=1S/C32H43NO6/c1-34-17-6-9-28-29(38-23-24-7-5-8-26(21-24)25-11-13-27(35-2)14-12-25)22-30(39-31-10-3-4-18-37-31)32(28)33-15-19-36-20-16-33/h5-8,11-14,17,21,28-32H,3-4,9-10,15-16,18-20,22-23H2,1-2H3/t28-,29-,30+,31?,32+/m0/s1. The molecular weight excluding hydrogens is 494 g/mol. The number of hydrogen-bond donors (Lipinski definition) is 0. The second-order valence-corrected chi connectivity index (χ2v) is 10.6. The van der Waals surface area contributed by atoms with Gasteiger partial charge in [0.2, 0.25) is 0 Å². The number of benzene rings is 2. The van der Waals surface area contributed by atoms with E-state index < -0.39 is 0 Å². The van der Waals surface area contributed by atoms with Crippen LogP contribution < -0.4 is 4.74 Å². The van der Waals surface area contributed by atoms with Crippen molar-refractivity contribution in [2.75, 3.05) is 47.1 Å². The smallest absolute Gasteiger partial charge is 0.158 e. The van der Waals surface area contributed by atoms with E-state index >= 15 is 0 Å². The van der Waals surface area contributed by atoms with Gasteiger partial charge in [-0.25, -0.2) is 0 Å². The summed E-state index contributed by atoms with van der Waals surface area (Å²) in [5, 5.41) is 0. The van der Waals surface area contributed by atoms with Crippen LogP contribution in [0.25, 0.3) is 11.1 Å². The Labute approximate surface area is 233 Å². The number of nitrogens with zero attached hydrogens (tertiary/aromatic N) is 1. The van der Waals surface area contributed by atoms with E-state index in [0.29, 0.717) is 6.61 Å². The molecule has 7 nitrogen and oxygen atoms in total. The van der Waals surface area contributed by atoms with Gasteiger partial charge in [-0.15, -0.1) is 0 Å². The Morgan fingerprint density at radius 3 is 2.54 bits per heavy atom. The van der Waals surface area contributed by atoms with Crippen LogP contribution in [0.3, 0.4) is 0 Å². The first kappa shape index (κ1) is 28.1. The van der Waals surface area contributed by atoms with Crippen LogP contribution in [0.2, 0.25) is 0 Å². The van der Waals surface area contributed by atoms with Crippen LogP contribution >= 0.6 is 0 Å². The molecule has 0 spiro atoms. The molecule has 212 valence electrons. The summed E-state index contributed by atoms with van der Waals surface area (Å²) in [5.74, 6) is 1.14. The molecule has 3 fully saturated rings. The summed E-state index contributed by atoms with van der Waals surface area (Å²) in [7, 11) is 3.39. The predicted octanol–water partition coefficient (Wildman–Crippen LogP) is 5.43. The topological polar surface area (TPSA) is 58.6 Å². The molecule has 2 aromatic rings. The van der Waals surface area contributed by atoms with Crippen molar-refractivity contribution >= 4 is 0 Å².